The SMILES string of the molecule is CCn1nnc(Sc2nc(C(F)(F)F)c(C(=O)O)s2)n1. The molecule has 0 saturated heterocycles. The maximum absolute atomic E-state index is 12.6. The largest absolute Gasteiger partial charge is 0.477 e. The number of nitrogens with zero attached hydrogens (tertiary/aromatic N) is 5. The van der Waals surface area contributed by atoms with Crippen molar-refractivity contribution in [2.24, 2.45) is 0 Å². The third-order valence-corrected chi connectivity index (χ3v) is 3.92. The van der Waals surface area contributed by atoms with Crippen molar-refractivity contribution in [3.8, 4) is 0 Å². The van der Waals surface area contributed by atoms with Crippen LogP contribution in [-0.2, 0) is 12.7 Å². The molecular weight excluding hydrogens is 319 g/mol. The molecule has 0 saturated carbocycles. The van der Waals surface area contributed by atoms with E-state index < -0.39 is 22.7 Å². The van der Waals surface area contributed by atoms with E-state index in [1.165, 1.54) is 4.80 Å². The molecule has 0 aromatic carbocycles. The van der Waals surface area contributed by atoms with E-state index in [0.29, 0.717) is 17.9 Å². The van der Waals surface area contributed by atoms with Crippen LogP contribution in [0.1, 0.15) is 22.3 Å². The molecule has 0 spiro atoms. The zero-order valence-electron chi connectivity index (χ0n) is 9.75. The zero-order chi connectivity index (χ0) is 14.9. The first kappa shape index (κ1) is 14.7. The lowest BCUT2D eigenvalue weighted by atomic mass is 10.3. The normalized spacial score (nSPS) is 11.8. The Morgan fingerprint density at radius 1 is 1.50 bits per heavy atom. The van der Waals surface area contributed by atoms with Gasteiger partial charge in [-0.15, -0.1) is 10.2 Å². The predicted molar refractivity (Wildman–Crippen MR) is 61.7 cm³/mol. The highest BCUT2D eigenvalue weighted by atomic mass is 32.2. The quantitative estimate of drug-likeness (QED) is 0.919. The molecule has 7 nitrogen and oxygen atoms in total. The van der Waals surface area contributed by atoms with Crippen LogP contribution in [0.3, 0.4) is 0 Å². The molecular formula is C8H6F3N5O2S2. The summed E-state index contributed by atoms with van der Waals surface area (Å²) in [7, 11) is 0. The average molecular weight is 325 g/mol. The zero-order valence-corrected chi connectivity index (χ0v) is 11.4. The lowest BCUT2D eigenvalue weighted by Gasteiger charge is -2.02. The number of tetrazole rings is 1. The summed E-state index contributed by atoms with van der Waals surface area (Å²) in [5.41, 5.74) is -1.42. The molecule has 0 unspecified atom stereocenters. The van der Waals surface area contributed by atoms with E-state index >= 15 is 0 Å². The van der Waals surface area contributed by atoms with Crippen molar-refractivity contribution >= 4 is 29.1 Å². The highest BCUT2D eigenvalue weighted by Gasteiger charge is 2.40. The fourth-order valence-corrected chi connectivity index (χ4v) is 2.97. The average Bonchev–Trinajstić information content (AvgIpc) is 2.95. The first-order chi connectivity index (χ1) is 9.31. The van der Waals surface area contributed by atoms with E-state index in [1.807, 2.05) is 0 Å². The summed E-state index contributed by atoms with van der Waals surface area (Å²) >= 11 is 1.15. The maximum Gasteiger partial charge on any atom is 0.435 e. The molecule has 108 valence electrons. The molecule has 2 rings (SSSR count). The van der Waals surface area contributed by atoms with Gasteiger partial charge in [-0.1, -0.05) is 11.3 Å². The van der Waals surface area contributed by atoms with Crippen molar-refractivity contribution in [2.45, 2.75) is 29.1 Å². The van der Waals surface area contributed by atoms with Gasteiger partial charge in [0.2, 0.25) is 5.16 Å². The Hall–Kier alpha value is -1.69. The predicted octanol–water partition coefficient (Wildman–Crippen LogP) is 2.02. The van der Waals surface area contributed by atoms with Gasteiger partial charge in [0.1, 0.15) is 4.88 Å². The first-order valence-corrected chi connectivity index (χ1v) is 6.71. The second-order valence-corrected chi connectivity index (χ2v) is 5.54. The second kappa shape index (κ2) is 5.36. The topological polar surface area (TPSA) is 93.8 Å². The Morgan fingerprint density at radius 2 is 2.20 bits per heavy atom. The Balaban J connectivity index is 2.31. The number of carboxylic acids is 1. The summed E-state index contributed by atoms with van der Waals surface area (Å²) in [5.74, 6) is -1.67. The fourth-order valence-electron chi connectivity index (χ4n) is 1.16. The molecule has 0 atom stereocenters. The minimum atomic E-state index is -4.82. The monoisotopic (exact) mass is 325 g/mol. The number of carboxylic acid groups (broad SMARTS) is 1. The standard InChI is InChI=1S/C8H6F3N5O2S2/c1-2-16-14-6(13-15-16)20-7-12-4(8(9,10)11)3(19-7)5(17)18/h2H2,1H3,(H,17,18). The number of rotatable bonds is 4. The molecule has 12 heteroatoms. The van der Waals surface area contributed by atoms with Gasteiger partial charge in [-0.05, 0) is 23.9 Å². The molecule has 0 fully saturated rings. The molecule has 0 aliphatic heterocycles. The third kappa shape index (κ3) is 3.07. The Bertz CT molecular complexity index is 638. The molecule has 2 heterocycles. The number of thiazole rings is 1. The van der Waals surface area contributed by atoms with E-state index in [9.17, 15) is 18.0 Å². The highest BCUT2D eigenvalue weighted by Crippen LogP contribution is 2.38. The Labute approximate surface area is 117 Å². The molecule has 2 aromatic heterocycles. The summed E-state index contributed by atoms with van der Waals surface area (Å²) in [4.78, 5) is 14.5. The molecule has 0 aliphatic carbocycles. The lowest BCUT2D eigenvalue weighted by molar-refractivity contribution is -0.141. The molecule has 0 amide bonds. The van der Waals surface area contributed by atoms with Crippen LogP contribution < -0.4 is 0 Å². The van der Waals surface area contributed by atoms with E-state index in [-0.39, 0.29) is 9.50 Å². The van der Waals surface area contributed by atoms with Crippen molar-refractivity contribution in [1.82, 2.24) is 25.2 Å². The molecule has 0 aliphatic rings. The number of aromatic carboxylic acids is 1. The van der Waals surface area contributed by atoms with Crippen LogP contribution >= 0.6 is 23.1 Å². The van der Waals surface area contributed by atoms with Gasteiger partial charge >= 0.3 is 12.1 Å². The van der Waals surface area contributed by atoms with Crippen LogP contribution in [0.4, 0.5) is 13.2 Å². The van der Waals surface area contributed by atoms with Gasteiger partial charge in [-0.2, -0.15) is 18.0 Å². The Morgan fingerprint density at radius 3 is 2.65 bits per heavy atom. The number of hydrogen-bond donors (Lipinski definition) is 1. The number of alkyl halides is 3. The summed E-state index contributed by atoms with van der Waals surface area (Å²) in [6.07, 6.45) is -4.82. The number of aromatic nitrogens is 5. The number of carbonyl (C=O) groups is 1. The van der Waals surface area contributed by atoms with Gasteiger partial charge < -0.3 is 5.11 Å². The van der Waals surface area contributed by atoms with E-state index in [2.05, 4.69) is 20.4 Å². The summed E-state index contributed by atoms with van der Waals surface area (Å²) in [6.45, 7) is 2.23. The fraction of sp³-hybridized carbons (Fsp3) is 0.375. The number of halogens is 3. The highest BCUT2D eigenvalue weighted by molar-refractivity contribution is 8.00. The van der Waals surface area contributed by atoms with Crippen molar-refractivity contribution in [3.63, 3.8) is 0 Å². The van der Waals surface area contributed by atoms with E-state index in [4.69, 9.17) is 5.11 Å². The van der Waals surface area contributed by atoms with Crippen LogP contribution in [0.5, 0.6) is 0 Å². The van der Waals surface area contributed by atoms with Crippen molar-refractivity contribution in [2.75, 3.05) is 0 Å². The van der Waals surface area contributed by atoms with Gasteiger partial charge in [0.25, 0.3) is 0 Å². The van der Waals surface area contributed by atoms with Gasteiger partial charge in [-0.3, -0.25) is 0 Å². The first-order valence-electron chi connectivity index (χ1n) is 5.08. The smallest absolute Gasteiger partial charge is 0.435 e. The summed E-state index contributed by atoms with van der Waals surface area (Å²) in [5, 5.41) is 20.0. The van der Waals surface area contributed by atoms with E-state index in [1.54, 1.807) is 6.92 Å². The molecule has 2 aromatic rings. The minimum Gasteiger partial charge on any atom is -0.477 e. The van der Waals surface area contributed by atoms with Crippen molar-refractivity contribution < 1.29 is 23.1 Å². The van der Waals surface area contributed by atoms with Crippen LogP contribution in [0.2, 0.25) is 0 Å². The maximum atomic E-state index is 12.6. The number of aryl methyl sites for hydroxylation is 1. The Kier molecular flexibility index (Phi) is 3.94. The van der Waals surface area contributed by atoms with E-state index in [0.717, 1.165) is 11.8 Å². The summed E-state index contributed by atoms with van der Waals surface area (Å²) in [6, 6.07) is 0. The van der Waals surface area contributed by atoms with Gasteiger partial charge in [0.05, 0.1) is 6.54 Å². The van der Waals surface area contributed by atoms with Crippen molar-refractivity contribution in [3.05, 3.63) is 10.6 Å². The van der Waals surface area contributed by atoms with Crippen LogP contribution in [0, 0.1) is 0 Å². The lowest BCUT2D eigenvalue weighted by Crippen LogP contribution is -2.11. The summed E-state index contributed by atoms with van der Waals surface area (Å²) < 4.78 is 37.8. The van der Waals surface area contributed by atoms with Gasteiger partial charge in [0.15, 0.2) is 10.0 Å². The van der Waals surface area contributed by atoms with Crippen LogP contribution in [0.25, 0.3) is 0 Å². The van der Waals surface area contributed by atoms with Crippen LogP contribution in [-0.4, -0.2) is 36.3 Å². The third-order valence-electron chi connectivity index (χ3n) is 1.97. The van der Waals surface area contributed by atoms with Crippen molar-refractivity contribution in [1.29, 1.82) is 0 Å². The molecule has 1 N–H and O–H groups in total. The minimum absolute atomic E-state index is 0.103. The second-order valence-electron chi connectivity index (χ2n) is 3.32. The molecule has 0 bridgehead atoms. The molecule has 20 heavy (non-hydrogen) atoms. The van der Waals surface area contributed by atoms with Gasteiger partial charge in [-0.25, -0.2) is 9.78 Å². The van der Waals surface area contributed by atoms with Crippen LogP contribution in [0.15, 0.2) is 9.50 Å². The van der Waals surface area contributed by atoms with Gasteiger partial charge in [0, 0.05) is 0 Å². The number of hydrogen-bond acceptors (Lipinski definition) is 7. The molecule has 0 radical (unpaired) electrons.